The molecule has 0 unspecified atom stereocenters. The molecule has 0 aliphatic carbocycles. The summed E-state index contributed by atoms with van der Waals surface area (Å²) in [5, 5.41) is 12.6. The van der Waals surface area contributed by atoms with Crippen LogP contribution < -0.4 is 15.0 Å². The van der Waals surface area contributed by atoms with Crippen LogP contribution in [-0.2, 0) is 16.0 Å². The summed E-state index contributed by atoms with van der Waals surface area (Å²) in [7, 11) is 0. The predicted molar refractivity (Wildman–Crippen MR) is 118 cm³/mol. The predicted octanol–water partition coefficient (Wildman–Crippen LogP) is 3.40. The molecule has 0 radical (unpaired) electrons. The molecule has 3 rings (SSSR count). The fraction of sp³-hybridized carbons (Fsp3) is 0.409. The Kier molecular flexibility index (Phi) is 9.67. The van der Waals surface area contributed by atoms with Gasteiger partial charge in [-0.05, 0) is 43.2 Å². The van der Waals surface area contributed by atoms with Crippen molar-refractivity contribution in [3.8, 4) is 5.75 Å². The molecule has 0 fully saturated rings. The van der Waals surface area contributed by atoms with E-state index in [2.05, 4.69) is 10.2 Å². The first kappa shape index (κ1) is 24.2. The van der Waals surface area contributed by atoms with Crippen molar-refractivity contribution in [1.82, 2.24) is 0 Å². The zero-order chi connectivity index (χ0) is 20.6. The number of aliphatic carboxylic acids is 1. The summed E-state index contributed by atoms with van der Waals surface area (Å²) in [6.07, 6.45) is 0.452. The molecule has 0 spiro atoms. The van der Waals surface area contributed by atoms with Crippen molar-refractivity contribution in [3.63, 3.8) is 0 Å². The molecule has 1 atom stereocenters. The van der Waals surface area contributed by atoms with E-state index >= 15 is 0 Å². The Balaban J connectivity index is 0.00000320. The normalized spacial score (nSPS) is 13.6. The molecule has 0 saturated carbocycles. The van der Waals surface area contributed by atoms with Crippen molar-refractivity contribution < 1.29 is 26.6 Å². The maximum atomic E-state index is 13.3. The molecule has 160 valence electrons. The Labute approximate surface area is 195 Å². The van der Waals surface area contributed by atoms with Gasteiger partial charge in [0.1, 0.15) is 18.2 Å². The van der Waals surface area contributed by atoms with Gasteiger partial charge < -0.3 is 27.7 Å². The number of benzene rings is 2. The van der Waals surface area contributed by atoms with E-state index in [1.807, 2.05) is 24.3 Å². The number of carbonyl (C=O) groups is 1. The van der Waals surface area contributed by atoms with Gasteiger partial charge in [0.25, 0.3) is 0 Å². The number of nitrogens with one attached hydrogen (secondary N) is 1. The molecule has 30 heavy (non-hydrogen) atoms. The van der Waals surface area contributed by atoms with Gasteiger partial charge in [-0.1, -0.05) is 12.1 Å². The SMILES string of the molecule is CCO[C@@H](Cc1ccc(NCCCN2CCOc3cc(F)ccc32)cc1)C(=O)O.[H-].[H-].[Mg+2]. The summed E-state index contributed by atoms with van der Waals surface area (Å²) >= 11 is 0. The van der Waals surface area contributed by atoms with Crippen LogP contribution in [0.15, 0.2) is 42.5 Å². The molecule has 8 heteroatoms. The van der Waals surface area contributed by atoms with Crippen molar-refractivity contribution in [2.75, 3.05) is 43.1 Å². The van der Waals surface area contributed by atoms with Crippen LogP contribution in [0.2, 0.25) is 0 Å². The number of carboxylic acids is 1. The zero-order valence-electron chi connectivity index (χ0n) is 19.3. The molecule has 1 aliphatic rings. The van der Waals surface area contributed by atoms with Gasteiger partial charge in [0.2, 0.25) is 0 Å². The molecule has 6 nitrogen and oxygen atoms in total. The average Bonchev–Trinajstić information content (AvgIpc) is 2.71. The van der Waals surface area contributed by atoms with Gasteiger partial charge >= 0.3 is 29.0 Å². The van der Waals surface area contributed by atoms with E-state index in [0.717, 1.165) is 43.0 Å². The van der Waals surface area contributed by atoms with E-state index in [1.165, 1.54) is 12.1 Å². The third-order valence-electron chi connectivity index (χ3n) is 4.83. The van der Waals surface area contributed by atoms with Crippen molar-refractivity contribution in [2.24, 2.45) is 0 Å². The van der Waals surface area contributed by atoms with Gasteiger partial charge in [0.05, 0.1) is 12.2 Å². The van der Waals surface area contributed by atoms with Gasteiger partial charge in [-0.2, -0.15) is 0 Å². The molecular formula is C22H29FMgN2O4. The van der Waals surface area contributed by atoms with Crippen LogP contribution in [0.3, 0.4) is 0 Å². The first-order chi connectivity index (χ1) is 14.1. The zero-order valence-corrected chi connectivity index (χ0v) is 18.7. The van der Waals surface area contributed by atoms with Gasteiger partial charge in [0.15, 0.2) is 6.10 Å². The number of nitrogens with zero attached hydrogens (tertiary/aromatic N) is 1. The van der Waals surface area contributed by atoms with E-state index in [0.29, 0.717) is 25.4 Å². The topological polar surface area (TPSA) is 71.0 Å². The second kappa shape index (κ2) is 12.0. The number of hydrogen-bond donors (Lipinski definition) is 2. The third kappa shape index (κ3) is 6.75. The van der Waals surface area contributed by atoms with E-state index in [-0.39, 0.29) is 31.7 Å². The van der Waals surface area contributed by atoms with Crippen LogP contribution >= 0.6 is 0 Å². The minimum absolute atomic E-state index is 0. The number of ether oxygens (including phenoxy) is 2. The molecule has 2 aromatic rings. The molecule has 0 amide bonds. The third-order valence-corrected chi connectivity index (χ3v) is 4.83. The summed E-state index contributed by atoms with van der Waals surface area (Å²) in [5.41, 5.74) is 2.85. The second-order valence-electron chi connectivity index (χ2n) is 6.91. The Morgan fingerprint density at radius 1 is 1.33 bits per heavy atom. The second-order valence-corrected chi connectivity index (χ2v) is 6.91. The van der Waals surface area contributed by atoms with Gasteiger partial charge in [-0.3, -0.25) is 0 Å². The van der Waals surface area contributed by atoms with Crippen LogP contribution in [0.4, 0.5) is 15.8 Å². The fourth-order valence-electron chi connectivity index (χ4n) is 3.38. The Bertz CT molecular complexity index is 830. The minimum Gasteiger partial charge on any atom is -1.00 e. The number of carboxylic acid groups (broad SMARTS) is 1. The number of fused-ring (bicyclic) bond motifs is 1. The van der Waals surface area contributed by atoms with E-state index < -0.39 is 12.1 Å². The van der Waals surface area contributed by atoms with Gasteiger partial charge in [-0.15, -0.1) is 0 Å². The van der Waals surface area contributed by atoms with E-state index in [1.54, 1.807) is 13.0 Å². The molecule has 0 bridgehead atoms. The average molecular weight is 429 g/mol. The largest absolute Gasteiger partial charge is 2.00 e. The molecular weight excluding hydrogens is 400 g/mol. The van der Waals surface area contributed by atoms with Crippen molar-refractivity contribution in [2.45, 2.75) is 25.9 Å². The van der Waals surface area contributed by atoms with Crippen molar-refractivity contribution in [3.05, 3.63) is 53.8 Å². The first-order valence-corrected chi connectivity index (χ1v) is 9.91. The molecule has 1 aliphatic heterocycles. The summed E-state index contributed by atoms with van der Waals surface area (Å²) in [4.78, 5) is 13.4. The molecule has 1 heterocycles. The van der Waals surface area contributed by atoms with Crippen LogP contribution in [0.5, 0.6) is 5.75 Å². The fourth-order valence-corrected chi connectivity index (χ4v) is 3.38. The summed E-state index contributed by atoms with van der Waals surface area (Å²) in [6, 6.07) is 12.4. The van der Waals surface area contributed by atoms with Crippen molar-refractivity contribution >= 4 is 40.4 Å². The molecule has 0 saturated heterocycles. The summed E-state index contributed by atoms with van der Waals surface area (Å²) < 4.78 is 24.1. The number of rotatable bonds is 10. The van der Waals surface area contributed by atoms with Crippen LogP contribution in [0.1, 0.15) is 21.8 Å². The Morgan fingerprint density at radius 2 is 2.10 bits per heavy atom. The monoisotopic (exact) mass is 428 g/mol. The van der Waals surface area contributed by atoms with Crippen LogP contribution in [0.25, 0.3) is 0 Å². The molecule has 2 aromatic carbocycles. The number of hydrogen-bond acceptors (Lipinski definition) is 5. The maximum Gasteiger partial charge on any atom is 2.00 e. The van der Waals surface area contributed by atoms with Crippen LogP contribution in [-0.4, -0.2) is 73.1 Å². The van der Waals surface area contributed by atoms with Crippen LogP contribution in [0, 0.1) is 5.82 Å². The van der Waals surface area contributed by atoms with E-state index in [4.69, 9.17) is 9.47 Å². The number of halogens is 1. The quantitative estimate of drug-likeness (QED) is 0.446. The first-order valence-electron chi connectivity index (χ1n) is 9.91. The van der Waals surface area contributed by atoms with Crippen molar-refractivity contribution in [1.29, 1.82) is 0 Å². The van der Waals surface area contributed by atoms with Gasteiger partial charge in [-0.25, -0.2) is 9.18 Å². The molecule has 0 aromatic heterocycles. The number of anilines is 2. The van der Waals surface area contributed by atoms with Gasteiger partial charge in [0, 0.05) is 37.9 Å². The Morgan fingerprint density at radius 3 is 2.80 bits per heavy atom. The standard InChI is InChI=1S/C22H27FN2O4.Mg.2H/c1-2-28-21(22(26)27)14-16-4-7-18(8-5-16)24-10-3-11-25-12-13-29-20-15-17(23)6-9-19(20)25;;;/h4-9,15,21,24H,2-3,10-14H2,1H3,(H,26,27);;;/q;+2;2*-1/t21-;;;/m0.../s1. The molecule has 2 N–H and O–H groups in total. The minimum atomic E-state index is -0.943. The van der Waals surface area contributed by atoms with E-state index in [9.17, 15) is 14.3 Å². The summed E-state index contributed by atoms with van der Waals surface area (Å²) in [6.45, 7) is 5.16. The maximum absolute atomic E-state index is 13.3. The Hall–Kier alpha value is -2.03. The summed E-state index contributed by atoms with van der Waals surface area (Å²) in [5.74, 6) is -0.625. The smallest absolute Gasteiger partial charge is 1.00 e.